The molecular weight excluding hydrogens is 270 g/mol. The van der Waals surface area contributed by atoms with Crippen LogP contribution in [0.1, 0.15) is 5.56 Å². The van der Waals surface area contributed by atoms with Crippen molar-refractivity contribution in [2.24, 2.45) is 5.73 Å². The van der Waals surface area contributed by atoms with Gasteiger partial charge in [0.1, 0.15) is 5.75 Å². The summed E-state index contributed by atoms with van der Waals surface area (Å²) in [6.07, 6.45) is 3.62. The second-order valence-corrected chi connectivity index (χ2v) is 4.22. The average Bonchev–Trinajstić information content (AvgIpc) is 2.75. The van der Waals surface area contributed by atoms with Gasteiger partial charge in [0.25, 0.3) is 0 Å². The fourth-order valence-corrected chi connectivity index (χ4v) is 1.77. The molecule has 0 radical (unpaired) electrons. The Kier molecular flexibility index (Phi) is 3.26. The molecule has 0 amide bonds. The monoisotopic (exact) mass is 281 g/mol. The molecule has 0 saturated carbocycles. The Morgan fingerprint density at radius 1 is 1.50 bits per heavy atom. The van der Waals surface area contributed by atoms with Gasteiger partial charge in [0.05, 0.1) is 23.5 Å². The summed E-state index contributed by atoms with van der Waals surface area (Å²) in [7, 11) is 1.64. The van der Waals surface area contributed by atoms with E-state index >= 15 is 0 Å². The highest BCUT2D eigenvalue weighted by Crippen LogP contribution is 2.22. The topological polar surface area (TPSA) is 53.1 Å². The number of hydrogen-bond acceptors (Lipinski definition) is 3. The number of ether oxygens (including phenoxy) is 1. The molecule has 0 fully saturated rings. The molecule has 2 rings (SSSR count). The van der Waals surface area contributed by atoms with Crippen LogP contribution in [-0.4, -0.2) is 16.9 Å². The zero-order valence-corrected chi connectivity index (χ0v) is 10.4. The summed E-state index contributed by atoms with van der Waals surface area (Å²) < 4.78 is 7.89. The molecule has 0 bridgehead atoms. The van der Waals surface area contributed by atoms with Crippen molar-refractivity contribution >= 4 is 15.9 Å². The lowest BCUT2D eigenvalue weighted by atomic mass is 10.1. The summed E-state index contributed by atoms with van der Waals surface area (Å²) in [4.78, 5) is 0. The van der Waals surface area contributed by atoms with Crippen LogP contribution in [0.3, 0.4) is 0 Å². The maximum atomic E-state index is 5.69. The van der Waals surface area contributed by atoms with Crippen molar-refractivity contribution in [3.8, 4) is 11.4 Å². The lowest BCUT2D eigenvalue weighted by Crippen LogP contribution is -2.05. The van der Waals surface area contributed by atoms with Crippen LogP contribution in [0.5, 0.6) is 5.75 Å². The first-order chi connectivity index (χ1) is 7.74. The first kappa shape index (κ1) is 11.2. The van der Waals surface area contributed by atoms with Crippen molar-refractivity contribution in [3.63, 3.8) is 0 Å². The predicted molar refractivity (Wildman–Crippen MR) is 65.7 cm³/mol. The number of methoxy groups -OCH3 is 1. The molecule has 0 spiro atoms. The molecule has 0 aliphatic carbocycles. The number of nitrogens with two attached hydrogens (primary N) is 1. The minimum Gasteiger partial charge on any atom is -0.497 e. The molecule has 84 valence electrons. The Morgan fingerprint density at radius 2 is 2.31 bits per heavy atom. The maximum absolute atomic E-state index is 5.69. The van der Waals surface area contributed by atoms with E-state index in [0.29, 0.717) is 6.54 Å². The van der Waals surface area contributed by atoms with Crippen LogP contribution in [0, 0.1) is 0 Å². The van der Waals surface area contributed by atoms with Crippen LogP contribution in [-0.2, 0) is 6.54 Å². The Balaban J connectivity index is 2.52. The van der Waals surface area contributed by atoms with Gasteiger partial charge in [-0.3, -0.25) is 0 Å². The van der Waals surface area contributed by atoms with Gasteiger partial charge in [-0.2, -0.15) is 5.10 Å². The van der Waals surface area contributed by atoms with Crippen LogP contribution in [0.4, 0.5) is 0 Å². The zero-order chi connectivity index (χ0) is 11.5. The standard InChI is InChI=1S/C11H12BrN3O/c1-16-10-3-2-8(5-13)11(4-10)15-7-9(12)6-14-15/h2-4,6-7H,5,13H2,1H3. The van der Waals surface area contributed by atoms with Crippen molar-refractivity contribution in [1.29, 1.82) is 0 Å². The van der Waals surface area contributed by atoms with Crippen molar-refractivity contribution in [1.82, 2.24) is 9.78 Å². The van der Waals surface area contributed by atoms with Gasteiger partial charge < -0.3 is 10.5 Å². The number of halogens is 1. The second-order valence-electron chi connectivity index (χ2n) is 3.30. The Labute approximate surface area is 102 Å². The normalized spacial score (nSPS) is 10.4. The van der Waals surface area contributed by atoms with Gasteiger partial charge in [-0.05, 0) is 27.6 Å². The molecular formula is C11H12BrN3O. The van der Waals surface area contributed by atoms with Crippen molar-refractivity contribution in [2.45, 2.75) is 6.54 Å². The largest absolute Gasteiger partial charge is 0.497 e. The lowest BCUT2D eigenvalue weighted by molar-refractivity contribution is 0.414. The Morgan fingerprint density at radius 3 is 2.88 bits per heavy atom. The first-order valence-electron chi connectivity index (χ1n) is 4.82. The number of hydrogen-bond donors (Lipinski definition) is 1. The van der Waals surface area contributed by atoms with E-state index in [1.165, 1.54) is 0 Å². The van der Waals surface area contributed by atoms with Gasteiger partial charge >= 0.3 is 0 Å². The fourth-order valence-electron chi connectivity index (χ4n) is 1.49. The third kappa shape index (κ3) is 2.10. The van der Waals surface area contributed by atoms with Gasteiger partial charge in [0.15, 0.2) is 0 Å². The number of benzene rings is 1. The molecule has 0 unspecified atom stereocenters. The molecule has 0 atom stereocenters. The van der Waals surface area contributed by atoms with E-state index in [4.69, 9.17) is 10.5 Å². The predicted octanol–water partition coefficient (Wildman–Crippen LogP) is 2.10. The second kappa shape index (κ2) is 4.67. The molecule has 0 saturated heterocycles. The van der Waals surface area contributed by atoms with E-state index in [2.05, 4.69) is 21.0 Å². The maximum Gasteiger partial charge on any atom is 0.121 e. The quantitative estimate of drug-likeness (QED) is 0.938. The molecule has 2 N–H and O–H groups in total. The molecule has 1 heterocycles. The molecule has 1 aromatic heterocycles. The van der Waals surface area contributed by atoms with Crippen molar-refractivity contribution in [2.75, 3.05) is 7.11 Å². The lowest BCUT2D eigenvalue weighted by Gasteiger charge is -2.09. The third-order valence-corrected chi connectivity index (χ3v) is 2.72. The van der Waals surface area contributed by atoms with E-state index in [-0.39, 0.29) is 0 Å². The number of rotatable bonds is 3. The van der Waals surface area contributed by atoms with Crippen LogP contribution in [0.2, 0.25) is 0 Å². The minimum absolute atomic E-state index is 0.469. The van der Waals surface area contributed by atoms with Gasteiger partial charge in [-0.1, -0.05) is 6.07 Å². The van der Waals surface area contributed by atoms with E-state index < -0.39 is 0 Å². The number of nitrogens with zero attached hydrogens (tertiary/aromatic N) is 2. The van der Waals surface area contributed by atoms with Gasteiger partial charge in [-0.15, -0.1) is 0 Å². The van der Waals surface area contributed by atoms with Crippen molar-refractivity contribution in [3.05, 3.63) is 40.6 Å². The minimum atomic E-state index is 0.469. The summed E-state index contributed by atoms with van der Waals surface area (Å²) in [5.41, 5.74) is 7.65. The van der Waals surface area contributed by atoms with E-state index in [1.807, 2.05) is 24.4 Å². The zero-order valence-electron chi connectivity index (χ0n) is 8.85. The van der Waals surface area contributed by atoms with Crippen LogP contribution < -0.4 is 10.5 Å². The Bertz CT molecular complexity index is 496. The molecule has 1 aromatic carbocycles. The van der Waals surface area contributed by atoms with Gasteiger partial charge in [0.2, 0.25) is 0 Å². The van der Waals surface area contributed by atoms with Crippen LogP contribution >= 0.6 is 15.9 Å². The summed E-state index contributed by atoms with van der Waals surface area (Å²) in [5, 5.41) is 4.23. The highest BCUT2D eigenvalue weighted by molar-refractivity contribution is 9.10. The SMILES string of the molecule is COc1ccc(CN)c(-n2cc(Br)cn2)c1. The van der Waals surface area contributed by atoms with E-state index in [9.17, 15) is 0 Å². The molecule has 0 aliphatic rings. The smallest absolute Gasteiger partial charge is 0.121 e. The van der Waals surface area contributed by atoms with Crippen LogP contribution in [0.15, 0.2) is 35.1 Å². The highest BCUT2D eigenvalue weighted by atomic mass is 79.9. The molecule has 2 aromatic rings. The molecule has 5 heteroatoms. The van der Waals surface area contributed by atoms with Crippen molar-refractivity contribution < 1.29 is 4.74 Å². The van der Waals surface area contributed by atoms with E-state index in [1.54, 1.807) is 18.0 Å². The average molecular weight is 282 g/mol. The summed E-state index contributed by atoms with van der Waals surface area (Å²) >= 11 is 3.37. The third-order valence-electron chi connectivity index (χ3n) is 2.31. The van der Waals surface area contributed by atoms with E-state index in [0.717, 1.165) is 21.5 Å². The number of aromatic nitrogens is 2. The molecule has 16 heavy (non-hydrogen) atoms. The first-order valence-corrected chi connectivity index (χ1v) is 5.61. The summed E-state index contributed by atoms with van der Waals surface area (Å²) in [6, 6.07) is 5.76. The molecule has 0 aliphatic heterocycles. The van der Waals surface area contributed by atoms with Gasteiger partial charge in [-0.25, -0.2) is 4.68 Å². The summed E-state index contributed by atoms with van der Waals surface area (Å²) in [5.74, 6) is 0.791. The molecule has 4 nitrogen and oxygen atoms in total. The Hall–Kier alpha value is -1.33. The highest BCUT2D eigenvalue weighted by Gasteiger charge is 2.06. The fraction of sp³-hybridized carbons (Fsp3) is 0.182. The van der Waals surface area contributed by atoms with Crippen LogP contribution in [0.25, 0.3) is 5.69 Å². The summed E-state index contributed by atoms with van der Waals surface area (Å²) in [6.45, 7) is 0.469. The van der Waals surface area contributed by atoms with Gasteiger partial charge in [0, 0.05) is 18.8 Å².